The van der Waals surface area contributed by atoms with Crippen molar-refractivity contribution in [3.8, 4) is 11.5 Å². The van der Waals surface area contributed by atoms with Gasteiger partial charge in [-0.25, -0.2) is 13.4 Å². The molecule has 0 aliphatic carbocycles. The molecule has 3 heterocycles. The summed E-state index contributed by atoms with van der Waals surface area (Å²) in [5.41, 5.74) is 0.978. The third-order valence-electron chi connectivity index (χ3n) is 4.36. The molecule has 1 aromatic carbocycles. The van der Waals surface area contributed by atoms with E-state index >= 15 is 0 Å². The van der Waals surface area contributed by atoms with Crippen LogP contribution in [0.5, 0.6) is 11.5 Å². The number of ether oxygens (including phenoxy) is 3. The van der Waals surface area contributed by atoms with E-state index in [0.29, 0.717) is 61.8 Å². The van der Waals surface area contributed by atoms with Gasteiger partial charge in [-0.1, -0.05) is 11.6 Å². The van der Waals surface area contributed by atoms with Crippen LogP contribution in [0.2, 0.25) is 5.02 Å². The molecule has 0 radical (unpaired) electrons. The maximum atomic E-state index is 12.6. The van der Waals surface area contributed by atoms with Crippen LogP contribution in [-0.2, 0) is 20.5 Å². The van der Waals surface area contributed by atoms with Gasteiger partial charge in [0.1, 0.15) is 18.1 Å². The van der Waals surface area contributed by atoms with Crippen LogP contribution in [0, 0.1) is 0 Å². The predicted molar refractivity (Wildman–Crippen MR) is 106 cm³/mol. The van der Waals surface area contributed by atoms with Crippen LogP contribution >= 0.6 is 23.4 Å². The molecule has 2 aliphatic heterocycles. The Bertz CT molecular complexity index is 947. The van der Waals surface area contributed by atoms with Gasteiger partial charge >= 0.3 is 0 Å². The fourth-order valence-electron chi connectivity index (χ4n) is 2.95. The lowest BCUT2D eigenvalue weighted by molar-refractivity contribution is 0.0730. The second-order valence-corrected chi connectivity index (χ2v) is 9.58. The molecule has 1 aromatic heterocycles. The number of hydrogen-bond acceptors (Lipinski definition) is 7. The van der Waals surface area contributed by atoms with E-state index in [1.807, 2.05) is 12.1 Å². The summed E-state index contributed by atoms with van der Waals surface area (Å²) in [6.07, 6.45) is 1.41. The topological polar surface area (TPSA) is 78.0 Å². The molecule has 1 fully saturated rings. The zero-order chi connectivity index (χ0) is 19.6. The van der Waals surface area contributed by atoms with Crippen LogP contribution in [0.25, 0.3) is 0 Å². The Morgan fingerprint density at radius 3 is 2.64 bits per heavy atom. The average molecular weight is 443 g/mol. The maximum absolute atomic E-state index is 12.6. The van der Waals surface area contributed by atoms with Crippen LogP contribution in [0.3, 0.4) is 0 Å². The van der Waals surface area contributed by atoms with Crippen LogP contribution in [0.15, 0.2) is 40.4 Å². The first-order chi connectivity index (χ1) is 13.5. The molecule has 10 heteroatoms. The summed E-state index contributed by atoms with van der Waals surface area (Å²) in [6.45, 7) is 2.55. The molecule has 0 N–H and O–H groups in total. The highest BCUT2D eigenvalue weighted by atomic mass is 35.5. The highest BCUT2D eigenvalue weighted by Gasteiger charge is 2.26. The quantitative estimate of drug-likeness (QED) is 0.659. The third-order valence-corrected chi connectivity index (χ3v) is 7.54. The van der Waals surface area contributed by atoms with Crippen molar-refractivity contribution in [2.45, 2.75) is 15.7 Å². The molecule has 150 valence electrons. The Morgan fingerprint density at radius 1 is 1.11 bits per heavy atom. The summed E-state index contributed by atoms with van der Waals surface area (Å²) in [7, 11) is -3.53. The molecule has 1 saturated heterocycles. The molecule has 2 aliphatic rings. The van der Waals surface area contributed by atoms with Gasteiger partial charge < -0.3 is 14.2 Å². The van der Waals surface area contributed by atoms with Gasteiger partial charge in [-0.2, -0.15) is 4.31 Å². The molecular formula is C18H19ClN2O5S2. The highest BCUT2D eigenvalue weighted by molar-refractivity contribution is 7.98. The van der Waals surface area contributed by atoms with Gasteiger partial charge in [0.15, 0.2) is 11.5 Å². The zero-order valence-corrected chi connectivity index (χ0v) is 17.4. The molecule has 28 heavy (non-hydrogen) atoms. The van der Waals surface area contributed by atoms with Crippen molar-refractivity contribution >= 4 is 33.4 Å². The monoisotopic (exact) mass is 442 g/mol. The molecule has 0 amide bonds. The number of thioether (sulfide) groups is 1. The third kappa shape index (κ3) is 4.23. The highest BCUT2D eigenvalue weighted by Crippen LogP contribution is 2.39. The lowest BCUT2D eigenvalue weighted by Crippen LogP contribution is -2.40. The number of sulfonamides is 1. The number of aromatic nitrogens is 1. The average Bonchev–Trinajstić information content (AvgIpc) is 2.73. The minimum absolute atomic E-state index is 0.195. The van der Waals surface area contributed by atoms with E-state index in [-0.39, 0.29) is 4.90 Å². The van der Waals surface area contributed by atoms with E-state index < -0.39 is 10.0 Å². The van der Waals surface area contributed by atoms with Gasteiger partial charge in [-0.05, 0) is 29.8 Å². The predicted octanol–water partition coefficient (Wildman–Crippen LogP) is 2.82. The van der Waals surface area contributed by atoms with Crippen LogP contribution < -0.4 is 9.47 Å². The summed E-state index contributed by atoms with van der Waals surface area (Å²) in [5.74, 6) is 1.85. The molecule has 0 atom stereocenters. The van der Waals surface area contributed by atoms with Gasteiger partial charge in [0, 0.05) is 25.0 Å². The number of pyridine rings is 1. The number of hydrogen-bond donors (Lipinski definition) is 0. The van der Waals surface area contributed by atoms with Gasteiger partial charge in [0.05, 0.1) is 23.3 Å². The lowest BCUT2D eigenvalue weighted by Gasteiger charge is -2.25. The van der Waals surface area contributed by atoms with Crippen molar-refractivity contribution in [2.24, 2.45) is 0 Å². The van der Waals surface area contributed by atoms with Crippen LogP contribution in [0.4, 0.5) is 0 Å². The van der Waals surface area contributed by atoms with Gasteiger partial charge in [0.25, 0.3) is 0 Å². The summed E-state index contributed by atoms with van der Waals surface area (Å²) in [6, 6.07) is 7.07. The fourth-order valence-corrected chi connectivity index (χ4v) is 5.36. The van der Waals surface area contributed by atoms with Crippen molar-refractivity contribution < 1.29 is 22.6 Å². The molecule has 0 saturated carbocycles. The summed E-state index contributed by atoms with van der Waals surface area (Å²) >= 11 is 7.76. The SMILES string of the molecule is O=S(=O)(c1ccc(SCc2cc(Cl)c3c(c2)OCCO3)nc1)N1CCOCC1. The number of rotatable bonds is 5. The van der Waals surface area contributed by atoms with Gasteiger partial charge in [0.2, 0.25) is 10.0 Å². The Hall–Kier alpha value is -1.52. The van der Waals surface area contributed by atoms with Crippen LogP contribution in [0.1, 0.15) is 5.56 Å². The zero-order valence-electron chi connectivity index (χ0n) is 15.0. The standard InChI is InChI=1S/C18H19ClN2O5S2/c19-15-9-13(10-16-18(15)26-8-7-25-16)12-27-17-2-1-14(11-20-17)28(22,23)21-3-5-24-6-4-21/h1-2,9-11H,3-8,12H2. The first-order valence-electron chi connectivity index (χ1n) is 8.79. The molecular weight excluding hydrogens is 424 g/mol. The normalized spacial score (nSPS) is 17.5. The van der Waals surface area contributed by atoms with Gasteiger partial charge in [-0.3, -0.25) is 0 Å². The number of fused-ring (bicyclic) bond motifs is 1. The first-order valence-corrected chi connectivity index (χ1v) is 11.6. The summed E-state index contributed by atoms with van der Waals surface area (Å²) in [5, 5.41) is 1.25. The van der Waals surface area contributed by atoms with Crippen molar-refractivity contribution in [3.05, 3.63) is 41.0 Å². The van der Waals surface area contributed by atoms with E-state index in [4.69, 9.17) is 25.8 Å². The van der Waals surface area contributed by atoms with E-state index in [0.717, 1.165) is 10.6 Å². The largest absolute Gasteiger partial charge is 0.486 e. The van der Waals surface area contributed by atoms with Gasteiger partial charge in [-0.15, -0.1) is 11.8 Å². The van der Waals surface area contributed by atoms with Crippen molar-refractivity contribution in [2.75, 3.05) is 39.5 Å². The lowest BCUT2D eigenvalue weighted by atomic mass is 10.2. The first kappa shape index (κ1) is 19.8. The van der Waals surface area contributed by atoms with E-state index in [2.05, 4.69) is 4.98 Å². The number of benzene rings is 1. The smallest absolute Gasteiger partial charge is 0.244 e. The molecule has 4 rings (SSSR count). The second-order valence-electron chi connectivity index (χ2n) is 6.24. The number of morpholine rings is 1. The Balaban J connectivity index is 1.43. The Labute approximate surface area is 173 Å². The minimum Gasteiger partial charge on any atom is -0.486 e. The summed E-state index contributed by atoms with van der Waals surface area (Å²) < 4.78 is 43.0. The minimum atomic E-state index is -3.53. The summed E-state index contributed by atoms with van der Waals surface area (Å²) in [4.78, 5) is 4.50. The van der Waals surface area contributed by atoms with E-state index in [1.165, 1.54) is 22.3 Å². The second kappa shape index (κ2) is 8.46. The van der Waals surface area contributed by atoms with Crippen molar-refractivity contribution in [3.63, 3.8) is 0 Å². The number of nitrogens with zero attached hydrogens (tertiary/aromatic N) is 2. The Kier molecular flexibility index (Phi) is 5.98. The molecule has 0 spiro atoms. The molecule has 0 unspecified atom stereocenters. The van der Waals surface area contributed by atoms with Crippen LogP contribution in [-0.4, -0.2) is 57.2 Å². The maximum Gasteiger partial charge on any atom is 0.244 e. The molecule has 0 bridgehead atoms. The van der Waals surface area contributed by atoms with E-state index in [1.54, 1.807) is 12.1 Å². The fraction of sp³-hybridized carbons (Fsp3) is 0.389. The molecule has 7 nitrogen and oxygen atoms in total. The van der Waals surface area contributed by atoms with Crippen molar-refractivity contribution in [1.29, 1.82) is 0 Å². The Morgan fingerprint density at radius 2 is 1.89 bits per heavy atom. The number of halogens is 1. The van der Waals surface area contributed by atoms with Crippen molar-refractivity contribution in [1.82, 2.24) is 9.29 Å². The van der Waals surface area contributed by atoms with E-state index in [9.17, 15) is 8.42 Å². The molecule has 2 aromatic rings.